The molecule has 0 bridgehead atoms. The van der Waals surface area contributed by atoms with Crippen molar-refractivity contribution in [2.45, 2.75) is 32.2 Å². The summed E-state index contributed by atoms with van der Waals surface area (Å²) >= 11 is 0. The van der Waals surface area contributed by atoms with Crippen LogP contribution in [0.15, 0.2) is 42.0 Å². The normalized spacial score (nSPS) is 19.8. The Labute approximate surface area is 114 Å². The highest BCUT2D eigenvalue weighted by molar-refractivity contribution is 6.43. The van der Waals surface area contributed by atoms with Gasteiger partial charge in [-0.1, -0.05) is 42.0 Å². The minimum absolute atomic E-state index is 0.0172. The van der Waals surface area contributed by atoms with Crippen molar-refractivity contribution in [2.75, 3.05) is 0 Å². The molecule has 0 spiro atoms. The summed E-state index contributed by atoms with van der Waals surface area (Å²) in [4.78, 5) is 0. The van der Waals surface area contributed by atoms with Crippen molar-refractivity contribution in [3.63, 3.8) is 0 Å². The zero-order valence-corrected chi connectivity index (χ0v) is 11.1. The highest BCUT2D eigenvalue weighted by atomic mass is 16.5. The van der Waals surface area contributed by atoms with Crippen molar-refractivity contribution >= 4 is 13.2 Å². The second-order valence-electron chi connectivity index (χ2n) is 4.88. The number of benzene rings is 1. The molecule has 19 heavy (non-hydrogen) atoms. The van der Waals surface area contributed by atoms with Gasteiger partial charge in [-0.15, -0.1) is 0 Å². The molecule has 2 N–H and O–H groups in total. The van der Waals surface area contributed by atoms with Crippen molar-refractivity contribution < 1.29 is 14.8 Å². The van der Waals surface area contributed by atoms with E-state index in [1.807, 2.05) is 43.4 Å². The Bertz CT molecular complexity index is 482. The fraction of sp³-hybridized carbons (Fsp3) is 0.333. The van der Waals surface area contributed by atoms with Gasteiger partial charge in [-0.25, -0.2) is 0 Å². The van der Waals surface area contributed by atoms with E-state index in [4.69, 9.17) is 4.65 Å². The Kier molecular flexibility index (Phi) is 4.83. The first-order valence-electron chi connectivity index (χ1n) is 6.60. The SMILES string of the molecule is C/C(=C\c1ccccc1O)CC[C@@H]1C=CCB(O)O1. The van der Waals surface area contributed by atoms with Crippen LogP contribution < -0.4 is 0 Å². The number of phenolic OH excluding ortho intramolecular Hbond substituents is 1. The molecule has 0 saturated carbocycles. The molecular weight excluding hydrogens is 239 g/mol. The van der Waals surface area contributed by atoms with E-state index in [9.17, 15) is 10.1 Å². The number of hydrogen-bond donors (Lipinski definition) is 2. The molecular formula is C15H19BO3. The van der Waals surface area contributed by atoms with Gasteiger partial charge in [0.15, 0.2) is 0 Å². The summed E-state index contributed by atoms with van der Waals surface area (Å²) in [5, 5.41) is 19.1. The lowest BCUT2D eigenvalue weighted by molar-refractivity contribution is 0.192. The van der Waals surface area contributed by atoms with Crippen molar-refractivity contribution in [1.82, 2.24) is 0 Å². The average molecular weight is 258 g/mol. The van der Waals surface area contributed by atoms with Crippen LogP contribution in [0.2, 0.25) is 6.32 Å². The molecule has 1 aliphatic heterocycles. The minimum Gasteiger partial charge on any atom is -0.507 e. The minimum atomic E-state index is -0.669. The summed E-state index contributed by atoms with van der Waals surface area (Å²) in [7, 11) is -0.669. The lowest BCUT2D eigenvalue weighted by Gasteiger charge is -2.20. The Morgan fingerprint density at radius 2 is 2.26 bits per heavy atom. The summed E-state index contributed by atoms with van der Waals surface area (Å²) in [6.07, 6.45) is 8.21. The number of allylic oxidation sites excluding steroid dienone is 2. The van der Waals surface area contributed by atoms with Gasteiger partial charge in [0.05, 0.1) is 6.10 Å². The van der Waals surface area contributed by atoms with Crippen LogP contribution in [0.4, 0.5) is 0 Å². The second kappa shape index (κ2) is 6.59. The monoisotopic (exact) mass is 258 g/mol. The molecule has 0 amide bonds. The predicted octanol–water partition coefficient (Wildman–Crippen LogP) is 3.01. The van der Waals surface area contributed by atoms with Crippen molar-refractivity contribution in [2.24, 2.45) is 0 Å². The maximum atomic E-state index is 9.70. The molecule has 0 aromatic heterocycles. The molecule has 4 heteroatoms. The lowest BCUT2D eigenvalue weighted by atomic mass is 9.82. The molecule has 1 aromatic rings. The molecule has 1 aliphatic rings. The molecule has 0 radical (unpaired) electrons. The third-order valence-corrected chi connectivity index (χ3v) is 3.18. The fourth-order valence-corrected chi connectivity index (χ4v) is 2.13. The van der Waals surface area contributed by atoms with Gasteiger partial charge in [0.2, 0.25) is 0 Å². The quantitative estimate of drug-likeness (QED) is 0.644. The van der Waals surface area contributed by atoms with E-state index in [0.29, 0.717) is 12.1 Å². The summed E-state index contributed by atoms with van der Waals surface area (Å²) in [6.45, 7) is 2.04. The maximum Gasteiger partial charge on any atom is 0.458 e. The first-order valence-corrected chi connectivity index (χ1v) is 6.60. The van der Waals surface area contributed by atoms with Crippen LogP contribution in [0.3, 0.4) is 0 Å². The van der Waals surface area contributed by atoms with Gasteiger partial charge in [-0.3, -0.25) is 0 Å². The second-order valence-corrected chi connectivity index (χ2v) is 4.88. The Morgan fingerprint density at radius 1 is 1.47 bits per heavy atom. The van der Waals surface area contributed by atoms with E-state index in [-0.39, 0.29) is 6.10 Å². The van der Waals surface area contributed by atoms with Gasteiger partial charge in [-0.05, 0) is 25.8 Å². The molecule has 0 aliphatic carbocycles. The van der Waals surface area contributed by atoms with Gasteiger partial charge in [0.25, 0.3) is 0 Å². The molecule has 3 nitrogen and oxygen atoms in total. The van der Waals surface area contributed by atoms with E-state index < -0.39 is 7.12 Å². The largest absolute Gasteiger partial charge is 0.507 e. The molecule has 0 unspecified atom stereocenters. The average Bonchev–Trinajstić information content (AvgIpc) is 2.39. The van der Waals surface area contributed by atoms with Crippen LogP contribution in [0.1, 0.15) is 25.3 Å². The summed E-state index contributed by atoms with van der Waals surface area (Å²) in [6, 6.07) is 7.29. The van der Waals surface area contributed by atoms with E-state index in [0.717, 1.165) is 18.4 Å². The predicted molar refractivity (Wildman–Crippen MR) is 77.8 cm³/mol. The van der Waals surface area contributed by atoms with Gasteiger partial charge in [-0.2, -0.15) is 0 Å². The third-order valence-electron chi connectivity index (χ3n) is 3.18. The smallest absolute Gasteiger partial charge is 0.458 e. The Balaban J connectivity index is 1.91. The van der Waals surface area contributed by atoms with Crippen LogP contribution >= 0.6 is 0 Å². The highest BCUT2D eigenvalue weighted by Crippen LogP contribution is 2.22. The first kappa shape index (κ1) is 13.9. The van der Waals surface area contributed by atoms with Crippen LogP contribution in [-0.4, -0.2) is 23.4 Å². The molecule has 100 valence electrons. The number of hydrogen-bond acceptors (Lipinski definition) is 3. The fourth-order valence-electron chi connectivity index (χ4n) is 2.13. The van der Waals surface area contributed by atoms with Gasteiger partial charge in [0.1, 0.15) is 5.75 Å². The van der Waals surface area contributed by atoms with Crippen LogP contribution in [0.5, 0.6) is 5.75 Å². The van der Waals surface area contributed by atoms with Crippen molar-refractivity contribution in [3.05, 3.63) is 47.6 Å². The summed E-state index contributed by atoms with van der Waals surface area (Å²) in [5.41, 5.74) is 2.01. The van der Waals surface area contributed by atoms with Crippen LogP contribution in [0, 0.1) is 0 Å². The number of rotatable bonds is 4. The lowest BCUT2D eigenvalue weighted by Crippen LogP contribution is -2.27. The van der Waals surface area contributed by atoms with Crippen molar-refractivity contribution in [1.29, 1.82) is 0 Å². The molecule has 1 aromatic carbocycles. The van der Waals surface area contributed by atoms with Crippen LogP contribution in [0.25, 0.3) is 6.08 Å². The third kappa shape index (κ3) is 4.26. The van der Waals surface area contributed by atoms with E-state index in [2.05, 4.69) is 0 Å². The molecule has 0 saturated heterocycles. The Morgan fingerprint density at radius 3 is 3.00 bits per heavy atom. The van der Waals surface area contributed by atoms with E-state index in [1.165, 1.54) is 5.57 Å². The Hall–Kier alpha value is -1.52. The van der Waals surface area contributed by atoms with Crippen molar-refractivity contribution in [3.8, 4) is 5.75 Å². The maximum absolute atomic E-state index is 9.70. The number of aromatic hydroxyl groups is 1. The van der Waals surface area contributed by atoms with Gasteiger partial charge < -0.3 is 14.8 Å². The van der Waals surface area contributed by atoms with Gasteiger partial charge in [0, 0.05) is 11.9 Å². The topological polar surface area (TPSA) is 49.7 Å². The van der Waals surface area contributed by atoms with Gasteiger partial charge >= 0.3 is 7.12 Å². The molecule has 1 heterocycles. The molecule has 0 fully saturated rings. The summed E-state index contributed by atoms with van der Waals surface area (Å²) < 4.78 is 5.40. The zero-order valence-electron chi connectivity index (χ0n) is 11.1. The number of para-hydroxylation sites is 1. The van der Waals surface area contributed by atoms with E-state index >= 15 is 0 Å². The molecule has 1 atom stereocenters. The molecule has 2 rings (SSSR count). The standard InChI is InChI=1S/C15H19BO3/c1-12(11-13-5-2-3-7-15(13)17)8-9-14-6-4-10-16(18)19-14/h2-7,11,14,17-18H,8-10H2,1H3/b12-11+/t14-/m0/s1. The number of phenols is 1. The van der Waals surface area contributed by atoms with E-state index in [1.54, 1.807) is 6.07 Å². The first-order chi connectivity index (χ1) is 9.15. The van der Waals surface area contributed by atoms with Crippen LogP contribution in [-0.2, 0) is 4.65 Å². The highest BCUT2D eigenvalue weighted by Gasteiger charge is 2.20. The zero-order chi connectivity index (χ0) is 13.7. The summed E-state index contributed by atoms with van der Waals surface area (Å²) in [5.74, 6) is 0.297.